The van der Waals surface area contributed by atoms with Crippen LogP contribution in [0.3, 0.4) is 0 Å². The summed E-state index contributed by atoms with van der Waals surface area (Å²) in [7, 11) is -3.62. The number of fused-ring (bicyclic) bond motifs is 1. The molecule has 0 radical (unpaired) electrons. The van der Waals surface area contributed by atoms with E-state index in [0.29, 0.717) is 11.8 Å². The number of rotatable bonds is 5. The highest BCUT2D eigenvalue weighted by Gasteiger charge is 2.25. The zero-order valence-electron chi connectivity index (χ0n) is 15.3. The highest BCUT2D eigenvalue weighted by molar-refractivity contribution is 7.89. The monoisotopic (exact) mass is 374 g/mol. The molecule has 2 atom stereocenters. The molecule has 1 N–H and O–H groups in total. The number of nitrogens with zero attached hydrogens (tertiary/aromatic N) is 1. The molecule has 0 aliphatic carbocycles. The molecule has 1 saturated heterocycles. The maximum Gasteiger partial charge on any atom is 0.240 e. The summed E-state index contributed by atoms with van der Waals surface area (Å²) >= 11 is 0. The number of nitrogens with one attached hydrogen (secondary N) is 1. The van der Waals surface area contributed by atoms with Gasteiger partial charge in [0.15, 0.2) is 0 Å². The number of hydrogen-bond donors (Lipinski definition) is 1. The normalized spacial score (nSPS) is 21.1. The fourth-order valence-electron chi connectivity index (χ4n) is 3.73. The average molecular weight is 375 g/mol. The number of benzene rings is 2. The first kappa shape index (κ1) is 18.9. The van der Waals surface area contributed by atoms with E-state index in [9.17, 15) is 13.2 Å². The Balaban J connectivity index is 1.60. The molecule has 1 aliphatic heterocycles. The van der Waals surface area contributed by atoms with E-state index in [0.717, 1.165) is 30.3 Å². The molecule has 5 nitrogen and oxygen atoms in total. The van der Waals surface area contributed by atoms with E-state index in [1.54, 1.807) is 18.2 Å². The van der Waals surface area contributed by atoms with E-state index in [1.807, 2.05) is 29.2 Å². The Morgan fingerprint density at radius 3 is 2.42 bits per heavy atom. The molecule has 140 valence electrons. The van der Waals surface area contributed by atoms with Crippen molar-refractivity contribution >= 4 is 26.7 Å². The second kappa shape index (κ2) is 7.76. The summed E-state index contributed by atoms with van der Waals surface area (Å²) in [5.74, 6) is 1.01. The van der Waals surface area contributed by atoms with E-state index in [2.05, 4.69) is 18.6 Å². The van der Waals surface area contributed by atoms with Crippen molar-refractivity contribution in [1.82, 2.24) is 9.62 Å². The fraction of sp³-hybridized carbons (Fsp3) is 0.450. The Morgan fingerprint density at radius 1 is 1.08 bits per heavy atom. The highest BCUT2D eigenvalue weighted by atomic mass is 32.2. The van der Waals surface area contributed by atoms with E-state index < -0.39 is 10.0 Å². The summed E-state index contributed by atoms with van der Waals surface area (Å²) in [5.41, 5.74) is 0. The van der Waals surface area contributed by atoms with Crippen LogP contribution in [0.1, 0.15) is 26.7 Å². The second-order valence-corrected chi connectivity index (χ2v) is 9.17. The molecule has 3 rings (SSSR count). The van der Waals surface area contributed by atoms with Crippen LogP contribution >= 0.6 is 0 Å². The molecule has 0 saturated carbocycles. The fourth-order valence-corrected chi connectivity index (χ4v) is 4.80. The van der Waals surface area contributed by atoms with E-state index >= 15 is 0 Å². The third kappa shape index (κ3) is 4.43. The number of likely N-dealkylation sites (tertiary alicyclic amines) is 1. The molecule has 2 unspecified atom stereocenters. The van der Waals surface area contributed by atoms with Gasteiger partial charge in [-0.15, -0.1) is 0 Å². The number of sulfonamides is 1. The van der Waals surface area contributed by atoms with Crippen molar-refractivity contribution in [3.63, 3.8) is 0 Å². The number of piperidine rings is 1. The summed E-state index contributed by atoms with van der Waals surface area (Å²) < 4.78 is 27.6. The quantitative estimate of drug-likeness (QED) is 0.875. The third-order valence-electron chi connectivity index (χ3n) is 4.88. The summed E-state index contributed by atoms with van der Waals surface area (Å²) in [6.07, 6.45) is 1.32. The van der Waals surface area contributed by atoms with Crippen LogP contribution in [0.5, 0.6) is 0 Å². The SMILES string of the molecule is CC1CC(C)CN(C(=O)CCNS(=O)(=O)c2ccc3ccccc3c2)C1. The van der Waals surface area contributed by atoms with E-state index in [-0.39, 0.29) is 23.8 Å². The van der Waals surface area contributed by atoms with Crippen molar-refractivity contribution in [2.75, 3.05) is 19.6 Å². The lowest BCUT2D eigenvalue weighted by molar-refractivity contribution is -0.133. The Labute approximate surface area is 155 Å². The Bertz CT molecular complexity index is 885. The Kier molecular flexibility index (Phi) is 5.63. The van der Waals surface area contributed by atoms with Gasteiger partial charge in [-0.2, -0.15) is 0 Å². The van der Waals surface area contributed by atoms with Crippen molar-refractivity contribution in [3.8, 4) is 0 Å². The predicted octanol–water partition coefficient (Wildman–Crippen LogP) is 3.01. The van der Waals surface area contributed by atoms with Crippen LogP contribution in [-0.2, 0) is 14.8 Å². The van der Waals surface area contributed by atoms with Gasteiger partial charge in [0.2, 0.25) is 15.9 Å². The van der Waals surface area contributed by atoms with Gasteiger partial charge in [-0.25, -0.2) is 13.1 Å². The van der Waals surface area contributed by atoms with Crippen LogP contribution in [0.15, 0.2) is 47.4 Å². The van der Waals surface area contributed by atoms with Crippen molar-refractivity contribution in [2.24, 2.45) is 11.8 Å². The molecule has 1 amide bonds. The number of hydrogen-bond acceptors (Lipinski definition) is 3. The molecule has 1 fully saturated rings. The van der Waals surface area contributed by atoms with Gasteiger partial charge in [0.05, 0.1) is 4.90 Å². The van der Waals surface area contributed by atoms with Gasteiger partial charge in [0.1, 0.15) is 0 Å². The lowest BCUT2D eigenvalue weighted by Gasteiger charge is -2.35. The standard InChI is InChI=1S/C20H26N2O3S/c1-15-11-16(2)14-22(13-15)20(23)9-10-21-26(24,25)19-8-7-17-5-3-4-6-18(17)12-19/h3-8,12,15-16,21H,9-11,13-14H2,1-2H3. The van der Waals surface area contributed by atoms with Crippen LogP contribution in [0.4, 0.5) is 0 Å². The summed E-state index contributed by atoms with van der Waals surface area (Å²) in [5, 5.41) is 1.87. The van der Waals surface area contributed by atoms with Crippen molar-refractivity contribution in [1.29, 1.82) is 0 Å². The molecular formula is C20H26N2O3S. The molecule has 1 aliphatic rings. The predicted molar refractivity (Wildman–Crippen MR) is 103 cm³/mol. The lowest BCUT2D eigenvalue weighted by Crippen LogP contribution is -2.43. The first-order valence-electron chi connectivity index (χ1n) is 9.11. The summed E-state index contributed by atoms with van der Waals surface area (Å²) in [6, 6.07) is 12.7. The van der Waals surface area contributed by atoms with Crippen LogP contribution in [-0.4, -0.2) is 38.9 Å². The minimum atomic E-state index is -3.62. The van der Waals surface area contributed by atoms with Crippen LogP contribution in [0.25, 0.3) is 10.8 Å². The topological polar surface area (TPSA) is 66.5 Å². The van der Waals surface area contributed by atoms with E-state index in [1.165, 1.54) is 0 Å². The van der Waals surface area contributed by atoms with Crippen molar-refractivity contribution in [3.05, 3.63) is 42.5 Å². The van der Waals surface area contributed by atoms with Gasteiger partial charge in [0.25, 0.3) is 0 Å². The molecule has 0 spiro atoms. The minimum Gasteiger partial charge on any atom is -0.342 e. The molecule has 6 heteroatoms. The van der Waals surface area contributed by atoms with Gasteiger partial charge < -0.3 is 4.90 Å². The Morgan fingerprint density at radius 2 is 1.73 bits per heavy atom. The first-order valence-corrected chi connectivity index (χ1v) is 10.6. The third-order valence-corrected chi connectivity index (χ3v) is 6.34. The van der Waals surface area contributed by atoms with Crippen molar-refractivity contribution in [2.45, 2.75) is 31.6 Å². The largest absolute Gasteiger partial charge is 0.342 e. The van der Waals surface area contributed by atoms with Crippen molar-refractivity contribution < 1.29 is 13.2 Å². The molecule has 0 bridgehead atoms. The summed E-state index contributed by atoms with van der Waals surface area (Å²) in [6.45, 7) is 5.95. The molecule has 1 heterocycles. The van der Waals surface area contributed by atoms with Gasteiger partial charge >= 0.3 is 0 Å². The lowest BCUT2D eigenvalue weighted by atomic mass is 9.92. The van der Waals surface area contributed by atoms with Gasteiger partial charge in [-0.1, -0.05) is 44.2 Å². The first-order chi connectivity index (χ1) is 12.3. The van der Waals surface area contributed by atoms with Gasteiger partial charge in [0, 0.05) is 26.1 Å². The number of amides is 1. The van der Waals surface area contributed by atoms with Crippen LogP contribution in [0.2, 0.25) is 0 Å². The zero-order valence-corrected chi connectivity index (χ0v) is 16.1. The molecular weight excluding hydrogens is 348 g/mol. The minimum absolute atomic E-state index is 0.0182. The van der Waals surface area contributed by atoms with Gasteiger partial charge in [-0.3, -0.25) is 4.79 Å². The molecule has 2 aromatic rings. The summed E-state index contributed by atoms with van der Waals surface area (Å²) in [4.78, 5) is 14.5. The smallest absolute Gasteiger partial charge is 0.240 e. The highest BCUT2D eigenvalue weighted by Crippen LogP contribution is 2.22. The van der Waals surface area contributed by atoms with Crippen LogP contribution in [0, 0.1) is 11.8 Å². The van der Waals surface area contributed by atoms with Crippen LogP contribution < -0.4 is 4.72 Å². The zero-order chi connectivity index (χ0) is 18.7. The number of carbonyl (C=O) groups is 1. The Hall–Kier alpha value is -1.92. The number of carbonyl (C=O) groups excluding carboxylic acids is 1. The van der Waals surface area contributed by atoms with Gasteiger partial charge in [-0.05, 0) is 41.2 Å². The maximum atomic E-state index is 12.5. The van der Waals surface area contributed by atoms with E-state index in [4.69, 9.17) is 0 Å². The average Bonchev–Trinajstić information content (AvgIpc) is 2.60. The maximum absolute atomic E-state index is 12.5. The molecule has 0 aromatic heterocycles. The second-order valence-electron chi connectivity index (χ2n) is 7.40. The molecule has 26 heavy (non-hydrogen) atoms. The molecule has 2 aromatic carbocycles.